The number of hydrogen-bond acceptors (Lipinski definition) is 7. The highest BCUT2D eigenvalue weighted by Crippen LogP contribution is 2.36. The van der Waals surface area contributed by atoms with Crippen molar-refractivity contribution in [2.24, 2.45) is 0 Å². The average Bonchev–Trinajstić information content (AvgIpc) is 3.06. The lowest BCUT2D eigenvalue weighted by molar-refractivity contribution is -0.138. The predicted molar refractivity (Wildman–Crippen MR) is 93.7 cm³/mol. The minimum atomic E-state index is -4.71. The van der Waals surface area contributed by atoms with Crippen LogP contribution in [0.25, 0.3) is 0 Å². The van der Waals surface area contributed by atoms with Gasteiger partial charge >= 0.3 is 12.1 Å². The number of pyridine rings is 1. The maximum Gasteiger partial charge on any atom is 0.417 e. The molecule has 142 valence electrons. The van der Waals surface area contributed by atoms with Gasteiger partial charge in [-0.1, -0.05) is 11.8 Å². The average molecular weight is 415 g/mol. The van der Waals surface area contributed by atoms with Gasteiger partial charge < -0.3 is 10.1 Å². The summed E-state index contributed by atoms with van der Waals surface area (Å²) in [5, 5.41) is 13.0. The molecular weight excluding hydrogens is 403 g/mol. The van der Waals surface area contributed by atoms with Crippen LogP contribution in [0.4, 0.5) is 18.9 Å². The van der Waals surface area contributed by atoms with Crippen molar-refractivity contribution in [3.05, 3.63) is 39.2 Å². The number of nitrogens with one attached hydrogen (secondary N) is 1. The molecule has 0 aliphatic rings. The molecule has 0 bridgehead atoms. The minimum Gasteiger partial charge on any atom is -0.465 e. The van der Waals surface area contributed by atoms with E-state index in [0.717, 1.165) is 17.4 Å². The number of hydrogen-bond donors (Lipinski definition) is 1. The third kappa shape index (κ3) is 4.99. The second-order valence-electron chi connectivity index (χ2n) is 5.09. The van der Waals surface area contributed by atoms with Gasteiger partial charge in [0.05, 0.1) is 29.7 Å². The SMILES string of the molecule is COC(=O)c1sccc1NC(=O)CSc1nc(C)cc(C(F)(F)F)c1C#N. The molecule has 0 atom stereocenters. The molecule has 6 nitrogen and oxygen atoms in total. The summed E-state index contributed by atoms with van der Waals surface area (Å²) >= 11 is 1.78. The fraction of sp³-hybridized carbons (Fsp3) is 0.250. The van der Waals surface area contributed by atoms with Gasteiger partial charge in [0.2, 0.25) is 5.91 Å². The van der Waals surface area contributed by atoms with E-state index in [9.17, 15) is 22.8 Å². The highest BCUT2D eigenvalue weighted by molar-refractivity contribution is 8.00. The van der Waals surface area contributed by atoms with E-state index in [2.05, 4.69) is 15.0 Å². The zero-order valence-corrected chi connectivity index (χ0v) is 15.6. The van der Waals surface area contributed by atoms with Gasteiger partial charge in [0.1, 0.15) is 16.0 Å². The zero-order valence-electron chi connectivity index (χ0n) is 14.0. The lowest BCUT2D eigenvalue weighted by atomic mass is 10.1. The van der Waals surface area contributed by atoms with Crippen molar-refractivity contribution in [1.29, 1.82) is 5.26 Å². The zero-order chi connectivity index (χ0) is 20.2. The van der Waals surface area contributed by atoms with Crippen LogP contribution in [0.2, 0.25) is 0 Å². The molecule has 0 aliphatic heterocycles. The molecule has 2 aromatic heterocycles. The van der Waals surface area contributed by atoms with Crippen LogP contribution in [0.3, 0.4) is 0 Å². The van der Waals surface area contributed by atoms with Crippen LogP contribution in [0.5, 0.6) is 0 Å². The normalized spacial score (nSPS) is 11.0. The van der Waals surface area contributed by atoms with Gasteiger partial charge in [0.15, 0.2) is 0 Å². The fourth-order valence-electron chi connectivity index (χ4n) is 2.06. The molecule has 1 N–H and O–H groups in total. The first-order chi connectivity index (χ1) is 12.7. The van der Waals surface area contributed by atoms with Gasteiger partial charge in [0.25, 0.3) is 0 Å². The van der Waals surface area contributed by atoms with Crippen molar-refractivity contribution in [3.63, 3.8) is 0 Å². The smallest absolute Gasteiger partial charge is 0.417 e. The number of amides is 1. The number of aryl methyl sites for hydroxylation is 1. The molecule has 0 spiro atoms. The summed E-state index contributed by atoms with van der Waals surface area (Å²) in [6.45, 7) is 1.37. The summed E-state index contributed by atoms with van der Waals surface area (Å²) in [7, 11) is 1.20. The standard InChI is InChI=1S/C16H12F3N3O3S2/c1-8-5-10(16(17,18)19)9(6-20)14(21-8)27-7-12(23)22-11-3-4-26-13(11)15(24)25-2/h3-5H,7H2,1-2H3,(H,22,23). The number of rotatable bonds is 5. The summed E-state index contributed by atoms with van der Waals surface area (Å²) in [6.07, 6.45) is -4.71. The number of nitriles is 1. The van der Waals surface area contributed by atoms with Crippen LogP contribution >= 0.6 is 23.1 Å². The molecule has 2 aromatic rings. The number of esters is 1. The number of methoxy groups -OCH3 is 1. The van der Waals surface area contributed by atoms with Crippen molar-refractivity contribution < 1.29 is 27.5 Å². The van der Waals surface area contributed by atoms with E-state index >= 15 is 0 Å². The Morgan fingerprint density at radius 1 is 1.44 bits per heavy atom. The number of carbonyl (C=O) groups excluding carboxylic acids is 2. The van der Waals surface area contributed by atoms with E-state index in [1.54, 1.807) is 5.38 Å². The fourth-order valence-corrected chi connectivity index (χ4v) is 3.67. The summed E-state index contributed by atoms with van der Waals surface area (Å²) in [5.74, 6) is -1.47. The molecule has 0 fully saturated rings. The van der Waals surface area contributed by atoms with E-state index in [1.807, 2.05) is 0 Å². The van der Waals surface area contributed by atoms with E-state index < -0.39 is 29.2 Å². The van der Waals surface area contributed by atoms with Crippen molar-refractivity contribution in [2.75, 3.05) is 18.2 Å². The van der Waals surface area contributed by atoms with Gasteiger partial charge in [-0.3, -0.25) is 4.79 Å². The summed E-state index contributed by atoms with van der Waals surface area (Å²) in [4.78, 5) is 27.8. The summed E-state index contributed by atoms with van der Waals surface area (Å²) in [6, 6.07) is 3.80. The first-order valence-electron chi connectivity index (χ1n) is 7.24. The van der Waals surface area contributed by atoms with E-state index in [4.69, 9.17) is 5.26 Å². The quantitative estimate of drug-likeness (QED) is 0.589. The topological polar surface area (TPSA) is 92.1 Å². The van der Waals surface area contributed by atoms with Crippen LogP contribution in [0, 0.1) is 18.3 Å². The summed E-state index contributed by atoms with van der Waals surface area (Å²) in [5.41, 5.74) is -1.40. The van der Waals surface area contributed by atoms with Crippen molar-refractivity contribution >= 4 is 40.7 Å². The maximum atomic E-state index is 13.1. The number of carbonyl (C=O) groups is 2. The number of aromatic nitrogens is 1. The Bertz CT molecular complexity index is 920. The number of anilines is 1. The Morgan fingerprint density at radius 3 is 2.74 bits per heavy atom. The third-order valence-corrected chi connectivity index (χ3v) is 5.05. The number of ether oxygens (including phenoxy) is 1. The van der Waals surface area contributed by atoms with Crippen LogP contribution in [0.1, 0.15) is 26.5 Å². The second-order valence-corrected chi connectivity index (χ2v) is 6.97. The van der Waals surface area contributed by atoms with Crippen LogP contribution in [-0.2, 0) is 15.7 Å². The Balaban J connectivity index is 2.17. The van der Waals surface area contributed by atoms with Gasteiger partial charge in [-0.25, -0.2) is 9.78 Å². The first-order valence-corrected chi connectivity index (χ1v) is 9.11. The van der Waals surface area contributed by atoms with Crippen LogP contribution in [0.15, 0.2) is 22.5 Å². The molecule has 27 heavy (non-hydrogen) atoms. The molecule has 0 saturated heterocycles. The van der Waals surface area contributed by atoms with Gasteiger partial charge in [-0.15, -0.1) is 11.3 Å². The Morgan fingerprint density at radius 2 is 2.15 bits per heavy atom. The van der Waals surface area contributed by atoms with Crippen molar-refractivity contribution in [3.8, 4) is 6.07 Å². The predicted octanol–water partition coefficient (Wildman–Crippen LogP) is 3.86. The Labute approximate surface area is 160 Å². The summed E-state index contributed by atoms with van der Waals surface area (Å²) < 4.78 is 43.9. The van der Waals surface area contributed by atoms with Gasteiger partial charge in [-0.2, -0.15) is 18.4 Å². The Hall–Kier alpha value is -2.58. The minimum absolute atomic E-state index is 0.0787. The highest BCUT2D eigenvalue weighted by Gasteiger charge is 2.35. The van der Waals surface area contributed by atoms with E-state index in [1.165, 1.54) is 26.2 Å². The molecule has 1 amide bonds. The number of alkyl halides is 3. The first kappa shape index (κ1) is 20.7. The van der Waals surface area contributed by atoms with Crippen molar-refractivity contribution in [2.45, 2.75) is 18.1 Å². The number of nitrogens with zero attached hydrogens (tertiary/aromatic N) is 2. The lowest BCUT2D eigenvalue weighted by Gasteiger charge is -2.12. The molecule has 2 rings (SSSR count). The van der Waals surface area contributed by atoms with Crippen molar-refractivity contribution in [1.82, 2.24) is 4.98 Å². The lowest BCUT2D eigenvalue weighted by Crippen LogP contribution is -2.16. The highest BCUT2D eigenvalue weighted by atomic mass is 32.2. The molecule has 0 aromatic carbocycles. The molecule has 11 heteroatoms. The monoisotopic (exact) mass is 415 g/mol. The number of thioether (sulfide) groups is 1. The largest absolute Gasteiger partial charge is 0.465 e. The second kappa shape index (κ2) is 8.41. The molecule has 0 saturated carbocycles. The number of thiophene rings is 1. The van der Waals surface area contributed by atoms with Crippen LogP contribution < -0.4 is 5.32 Å². The Kier molecular flexibility index (Phi) is 6.45. The molecule has 0 radical (unpaired) electrons. The van der Waals surface area contributed by atoms with E-state index in [0.29, 0.717) is 11.8 Å². The van der Waals surface area contributed by atoms with Gasteiger partial charge in [0, 0.05) is 5.69 Å². The van der Waals surface area contributed by atoms with Gasteiger partial charge in [-0.05, 0) is 24.4 Å². The maximum absolute atomic E-state index is 13.1. The number of halogens is 3. The molecule has 2 heterocycles. The third-order valence-electron chi connectivity index (χ3n) is 3.18. The van der Waals surface area contributed by atoms with Crippen LogP contribution in [-0.4, -0.2) is 29.7 Å². The van der Waals surface area contributed by atoms with E-state index in [-0.39, 0.29) is 27.0 Å². The molecule has 0 aliphatic carbocycles. The molecular formula is C16H12F3N3O3S2. The molecule has 0 unspecified atom stereocenters.